The quantitative estimate of drug-likeness (QED) is 0.732. The maximum absolute atomic E-state index is 13.5. The predicted octanol–water partition coefficient (Wildman–Crippen LogP) is 4.27. The number of thiazole rings is 1. The Kier molecular flexibility index (Phi) is 4.19. The Morgan fingerprint density at radius 3 is 2.46 bits per heavy atom. The average Bonchev–Trinajstić information content (AvgIpc) is 3.23. The van der Waals surface area contributed by atoms with Gasteiger partial charge in [0.05, 0.1) is 33.6 Å². The Bertz CT molecular complexity index is 750. The van der Waals surface area contributed by atoms with Crippen molar-refractivity contribution in [1.82, 2.24) is 9.88 Å². The minimum atomic E-state index is 0.0258. The van der Waals surface area contributed by atoms with Gasteiger partial charge in [0.2, 0.25) is 5.91 Å². The van der Waals surface area contributed by atoms with Crippen LogP contribution in [0.5, 0.6) is 0 Å². The molecular weight excluding hydrogens is 388 g/mol. The molecule has 1 amide bonds. The third-order valence-electron chi connectivity index (χ3n) is 8.05. The van der Waals surface area contributed by atoms with Crippen LogP contribution in [0.25, 0.3) is 0 Å². The number of carbonyl (C=O) groups is 1. The van der Waals surface area contributed by atoms with Crippen molar-refractivity contribution < 1.29 is 9.53 Å². The molecule has 6 aliphatic rings. The van der Waals surface area contributed by atoms with Gasteiger partial charge in [-0.1, -0.05) is 0 Å². The number of rotatable bonds is 4. The summed E-state index contributed by atoms with van der Waals surface area (Å²) in [6.07, 6.45) is 9.18. The van der Waals surface area contributed by atoms with E-state index in [0.29, 0.717) is 18.6 Å². The standard InChI is InChI=1S/C22H30N2O2S2/c1-14-23-18(10-27-14)9-26-19-8-22(28-11-19)12-24(13-22)20(25)21-5-15-2-16(6-21)4-17(3-15)7-21/h10,15-17,19H,2-9,11-13H2,1H3/t15?,16?,17?,19-,21?/m0/s1. The van der Waals surface area contributed by atoms with Crippen LogP contribution in [0, 0.1) is 30.1 Å². The minimum Gasteiger partial charge on any atom is -0.371 e. The topological polar surface area (TPSA) is 42.4 Å². The molecule has 152 valence electrons. The fourth-order valence-electron chi connectivity index (χ4n) is 7.31. The van der Waals surface area contributed by atoms with Gasteiger partial charge in [0.25, 0.3) is 0 Å². The molecule has 2 saturated heterocycles. The zero-order chi connectivity index (χ0) is 18.9. The highest BCUT2D eigenvalue weighted by Gasteiger charge is 2.59. The Balaban J connectivity index is 1.05. The molecule has 3 heterocycles. The highest BCUT2D eigenvalue weighted by molar-refractivity contribution is 8.01. The van der Waals surface area contributed by atoms with Gasteiger partial charge in [0.1, 0.15) is 0 Å². The summed E-state index contributed by atoms with van der Waals surface area (Å²) in [6.45, 7) is 4.57. The normalized spacial score (nSPS) is 40.2. The lowest BCUT2D eigenvalue weighted by Gasteiger charge is -2.59. The van der Waals surface area contributed by atoms with Crippen LogP contribution in [0.3, 0.4) is 0 Å². The first-order chi connectivity index (χ1) is 13.5. The van der Waals surface area contributed by atoms with Gasteiger partial charge in [-0.2, -0.15) is 0 Å². The van der Waals surface area contributed by atoms with E-state index < -0.39 is 0 Å². The summed E-state index contributed by atoms with van der Waals surface area (Å²) in [7, 11) is 0. The number of ether oxygens (including phenoxy) is 1. The second kappa shape index (κ2) is 6.45. The molecule has 4 nitrogen and oxygen atoms in total. The lowest BCUT2D eigenvalue weighted by atomic mass is 9.49. The number of hydrogen-bond acceptors (Lipinski definition) is 5. The summed E-state index contributed by atoms with van der Waals surface area (Å²) in [6, 6.07) is 0. The van der Waals surface area contributed by atoms with Crippen LogP contribution in [-0.2, 0) is 16.1 Å². The predicted molar refractivity (Wildman–Crippen MR) is 112 cm³/mol. The average molecular weight is 419 g/mol. The van der Waals surface area contributed by atoms with Crippen LogP contribution in [0.2, 0.25) is 0 Å². The van der Waals surface area contributed by atoms with Gasteiger partial charge in [-0.3, -0.25) is 4.79 Å². The van der Waals surface area contributed by atoms with E-state index in [4.69, 9.17) is 4.74 Å². The van der Waals surface area contributed by atoms with Crippen LogP contribution in [0.1, 0.15) is 55.6 Å². The molecule has 0 aromatic carbocycles. The zero-order valence-corrected chi connectivity index (χ0v) is 18.3. The van der Waals surface area contributed by atoms with Crippen molar-refractivity contribution in [3.8, 4) is 0 Å². The largest absolute Gasteiger partial charge is 0.371 e. The summed E-state index contributed by atoms with van der Waals surface area (Å²) in [4.78, 5) is 20.2. The van der Waals surface area contributed by atoms with E-state index in [-0.39, 0.29) is 10.2 Å². The molecule has 1 aromatic rings. The number of nitrogens with zero attached hydrogens (tertiary/aromatic N) is 2. The molecule has 28 heavy (non-hydrogen) atoms. The second-order valence-corrected chi connectivity index (χ2v) is 12.9. The lowest BCUT2D eigenvalue weighted by molar-refractivity contribution is -0.163. The van der Waals surface area contributed by atoms with E-state index in [2.05, 4.69) is 15.3 Å². The van der Waals surface area contributed by atoms with Crippen LogP contribution in [0.4, 0.5) is 0 Å². The third-order valence-corrected chi connectivity index (χ3v) is 10.4. The van der Waals surface area contributed by atoms with E-state index >= 15 is 0 Å². The minimum absolute atomic E-state index is 0.0258. The molecule has 2 aliphatic heterocycles. The van der Waals surface area contributed by atoms with Crippen molar-refractivity contribution in [2.24, 2.45) is 23.2 Å². The summed E-state index contributed by atoms with van der Waals surface area (Å²) in [5.74, 6) is 4.11. The Morgan fingerprint density at radius 1 is 1.18 bits per heavy atom. The zero-order valence-electron chi connectivity index (χ0n) is 16.7. The number of amides is 1. The van der Waals surface area contributed by atoms with Crippen molar-refractivity contribution in [3.05, 3.63) is 16.1 Å². The monoisotopic (exact) mass is 418 g/mol. The molecule has 1 atom stereocenters. The molecular formula is C22H30N2O2S2. The molecule has 6 fully saturated rings. The third kappa shape index (κ3) is 2.97. The number of carbonyl (C=O) groups excluding carboxylic acids is 1. The Labute approximate surface area is 175 Å². The first-order valence-electron chi connectivity index (χ1n) is 11.0. The lowest BCUT2D eigenvalue weighted by Crippen LogP contribution is -2.65. The molecule has 0 N–H and O–H groups in total. The van der Waals surface area contributed by atoms with Crippen molar-refractivity contribution in [1.29, 1.82) is 0 Å². The van der Waals surface area contributed by atoms with E-state index in [1.807, 2.05) is 18.7 Å². The van der Waals surface area contributed by atoms with Crippen molar-refractivity contribution in [2.75, 3.05) is 18.8 Å². The van der Waals surface area contributed by atoms with Crippen LogP contribution >= 0.6 is 23.1 Å². The SMILES string of the molecule is Cc1nc(CO[C@@H]2CSC3(C2)CN(C(=O)C24CC5CC(CC(C5)C2)C4)C3)cs1. The van der Waals surface area contributed by atoms with Gasteiger partial charge in [-0.05, 0) is 69.6 Å². The van der Waals surface area contributed by atoms with Gasteiger partial charge < -0.3 is 9.64 Å². The van der Waals surface area contributed by atoms with E-state index in [1.54, 1.807) is 11.3 Å². The van der Waals surface area contributed by atoms with Crippen molar-refractivity contribution in [3.63, 3.8) is 0 Å². The van der Waals surface area contributed by atoms with E-state index in [9.17, 15) is 4.79 Å². The summed E-state index contributed by atoms with van der Waals surface area (Å²) < 4.78 is 6.41. The number of aryl methyl sites for hydroxylation is 1. The fraction of sp³-hybridized carbons (Fsp3) is 0.818. The Morgan fingerprint density at radius 2 is 1.86 bits per heavy atom. The van der Waals surface area contributed by atoms with Crippen LogP contribution < -0.4 is 0 Å². The molecule has 1 aromatic heterocycles. The van der Waals surface area contributed by atoms with Crippen molar-refractivity contribution in [2.45, 2.75) is 69.3 Å². The molecule has 1 spiro atoms. The number of likely N-dealkylation sites (tertiary alicyclic amines) is 1. The molecule has 4 bridgehead atoms. The van der Waals surface area contributed by atoms with Gasteiger partial charge in [-0.15, -0.1) is 23.1 Å². The first-order valence-corrected chi connectivity index (χ1v) is 12.8. The Hall–Kier alpha value is -0.590. The van der Waals surface area contributed by atoms with Crippen LogP contribution in [-0.4, -0.2) is 45.5 Å². The van der Waals surface area contributed by atoms with Gasteiger partial charge in [0, 0.05) is 24.2 Å². The van der Waals surface area contributed by atoms with Gasteiger partial charge in [-0.25, -0.2) is 4.98 Å². The summed E-state index contributed by atoms with van der Waals surface area (Å²) in [5.41, 5.74) is 1.08. The van der Waals surface area contributed by atoms with E-state index in [0.717, 1.165) is 53.7 Å². The fourth-order valence-corrected chi connectivity index (χ4v) is 9.46. The van der Waals surface area contributed by atoms with Crippen LogP contribution in [0.15, 0.2) is 5.38 Å². The molecule has 0 unspecified atom stereocenters. The number of hydrogen-bond donors (Lipinski definition) is 0. The molecule has 7 rings (SSSR count). The highest BCUT2D eigenvalue weighted by Crippen LogP contribution is 2.61. The summed E-state index contributed by atoms with van der Waals surface area (Å²) in [5, 5.41) is 3.20. The number of thioether (sulfide) groups is 1. The highest BCUT2D eigenvalue weighted by atomic mass is 32.2. The van der Waals surface area contributed by atoms with Gasteiger partial charge >= 0.3 is 0 Å². The van der Waals surface area contributed by atoms with Crippen molar-refractivity contribution >= 4 is 29.0 Å². The maximum atomic E-state index is 13.5. The molecule has 4 saturated carbocycles. The molecule has 4 aliphatic carbocycles. The summed E-state index contributed by atoms with van der Waals surface area (Å²) >= 11 is 3.73. The molecule has 0 radical (unpaired) electrons. The smallest absolute Gasteiger partial charge is 0.228 e. The first kappa shape index (κ1) is 18.2. The maximum Gasteiger partial charge on any atom is 0.228 e. The second-order valence-electron chi connectivity index (χ2n) is 10.3. The molecule has 6 heteroatoms. The number of aromatic nitrogens is 1. The van der Waals surface area contributed by atoms with E-state index in [1.165, 1.54) is 38.5 Å². The van der Waals surface area contributed by atoms with Gasteiger partial charge in [0.15, 0.2) is 0 Å².